The summed E-state index contributed by atoms with van der Waals surface area (Å²) in [5.74, 6) is 0.973. The topological polar surface area (TPSA) is 15.3 Å². The first-order valence-electron chi connectivity index (χ1n) is 6.69. The average Bonchev–Trinajstić information content (AvgIpc) is 3.01. The molecular formula is C13H26N2. The van der Waals surface area contributed by atoms with Crippen LogP contribution in [0.3, 0.4) is 0 Å². The van der Waals surface area contributed by atoms with Gasteiger partial charge in [0.05, 0.1) is 0 Å². The van der Waals surface area contributed by atoms with Gasteiger partial charge in [0.1, 0.15) is 0 Å². The Balaban J connectivity index is 1.89. The summed E-state index contributed by atoms with van der Waals surface area (Å²) in [5, 5.41) is 3.51. The minimum absolute atomic E-state index is 0.750. The van der Waals surface area contributed by atoms with Crippen LogP contribution in [0.2, 0.25) is 0 Å². The monoisotopic (exact) mass is 210 g/mol. The van der Waals surface area contributed by atoms with Crippen molar-refractivity contribution in [2.45, 2.75) is 64.1 Å². The van der Waals surface area contributed by atoms with Crippen LogP contribution in [0.25, 0.3) is 0 Å². The maximum absolute atomic E-state index is 3.51. The van der Waals surface area contributed by atoms with E-state index in [0.717, 1.165) is 24.0 Å². The van der Waals surface area contributed by atoms with Gasteiger partial charge >= 0.3 is 0 Å². The maximum atomic E-state index is 3.51. The second-order valence-electron chi connectivity index (χ2n) is 5.42. The predicted octanol–water partition coefficient (Wildman–Crippen LogP) is 2.25. The van der Waals surface area contributed by atoms with Crippen LogP contribution in [0.4, 0.5) is 0 Å². The van der Waals surface area contributed by atoms with Gasteiger partial charge in [-0.2, -0.15) is 0 Å². The first-order chi connectivity index (χ1) is 7.26. The molecule has 1 aliphatic carbocycles. The normalized spacial score (nSPS) is 34.6. The molecule has 1 heterocycles. The molecule has 3 unspecified atom stereocenters. The molecule has 0 aromatic heterocycles. The van der Waals surface area contributed by atoms with Gasteiger partial charge in [-0.05, 0) is 52.0 Å². The van der Waals surface area contributed by atoms with Crippen LogP contribution in [0.5, 0.6) is 0 Å². The number of rotatable bonds is 5. The van der Waals surface area contributed by atoms with Gasteiger partial charge in [-0.3, -0.25) is 4.90 Å². The summed E-state index contributed by atoms with van der Waals surface area (Å²) in [7, 11) is 2.13. The van der Waals surface area contributed by atoms with Gasteiger partial charge in [0, 0.05) is 24.7 Å². The van der Waals surface area contributed by atoms with E-state index in [1.165, 1.54) is 38.6 Å². The van der Waals surface area contributed by atoms with Crippen molar-refractivity contribution in [3.8, 4) is 0 Å². The number of likely N-dealkylation sites (tertiary alicyclic amines) is 1. The molecule has 15 heavy (non-hydrogen) atoms. The highest BCUT2D eigenvalue weighted by molar-refractivity contribution is 4.92. The molecule has 0 aromatic carbocycles. The Morgan fingerprint density at radius 2 is 2.00 bits per heavy atom. The van der Waals surface area contributed by atoms with Gasteiger partial charge in [0.25, 0.3) is 0 Å². The van der Waals surface area contributed by atoms with Crippen LogP contribution in [0, 0.1) is 5.92 Å². The predicted molar refractivity (Wildman–Crippen MR) is 65.1 cm³/mol. The lowest BCUT2D eigenvalue weighted by atomic mass is 10.1. The van der Waals surface area contributed by atoms with E-state index in [0.29, 0.717) is 0 Å². The third-order valence-corrected chi connectivity index (χ3v) is 4.39. The Hall–Kier alpha value is -0.0800. The number of hydrogen-bond donors (Lipinski definition) is 1. The molecule has 1 saturated carbocycles. The zero-order chi connectivity index (χ0) is 10.8. The summed E-state index contributed by atoms with van der Waals surface area (Å²) in [6.45, 7) is 6.01. The first kappa shape index (κ1) is 11.4. The summed E-state index contributed by atoms with van der Waals surface area (Å²) in [6, 6.07) is 2.42. The van der Waals surface area contributed by atoms with Crippen LogP contribution in [-0.4, -0.2) is 36.6 Å². The lowest BCUT2D eigenvalue weighted by Gasteiger charge is -2.31. The minimum Gasteiger partial charge on any atom is -0.315 e. The summed E-state index contributed by atoms with van der Waals surface area (Å²) in [4.78, 5) is 2.75. The molecule has 3 atom stereocenters. The molecule has 0 radical (unpaired) electrons. The molecule has 2 fully saturated rings. The van der Waals surface area contributed by atoms with Crippen molar-refractivity contribution >= 4 is 0 Å². The van der Waals surface area contributed by atoms with Crippen molar-refractivity contribution in [2.24, 2.45) is 5.92 Å². The second-order valence-corrected chi connectivity index (χ2v) is 5.42. The van der Waals surface area contributed by atoms with Crippen molar-refractivity contribution in [1.82, 2.24) is 10.2 Å². The Morgan fingerprint density at radius 1 is 1.27 bits per heavy atom. The second kappa shape index (κ2) is 4.84. The van der Waals surface area contributed by atoms with E-state index in [-0.39, 0.29) is 0 Å². The van der Waals surface area contributed by atoms with Crippen molar-refractivity contribution in [3.63, 3.8) is 0 Å². The van der Waals surface area contributed by atoms with Crippen LogP contribution < -0.4 is 5.32 Å². The number of likely N-dealkylation sites (N-methyl/N-ethyl adjacent to an activating group) is 1. The Morgan fingerprint density at radius 3 is 2.53 bits per heavy atom. The molecule has 0 aromatic rings. The van der Waals surface area contributed by atoms with E-state index in [2.05, 4.69) is 31.1 Å². The van der Waals surface area contributed by atoms with Crippen LogP contribution in [0.15, 0.2) is 0 Å². The molecule has 2 heteroatoms. The highest BCUT2D eigenvalue weighted by Crippen LogP contribution is 2.35. The fourth-order valence-electron chi connectivity index (χ4n) is 3.09. The number of nitrogens with zero attached hydrogens (tertiary/aromatic N) is 1. The van der Waals surface area contributed by atoms with Gasteiger partial charge in [0.15, 0.2) is 0 Å². The van der Waals surface area contributed by atoms with Gasteiger partial charge in [0.2, 0.25) is 0 Å². The Labute approximate surface area is 94.4 Å². The zero-order valence-electron chi connectivity index (χ0n) is 10.5. The SMILES string of the molecule is CCC1CCC(C)N1CC(NC)C1CC1. The van der Waals surface area contributed by atoms with Crippen molar-refractivity contribution in [3.05, 3.63) is 0 Å². The highest BCUT2D eigenvalue weighted by atomic mass is 15.2. The van der Waals surface area contributed by atoms with Gasteiger partial charge < -0.3 is 5.32 Å². The smallest absolute Gasteiger partial charge is 0.0220 e. The maximum Gasteiger partial charge on any atom is 0.0220 e. The molecule has 0 amide bonds. The van der Waals surface area contributed by atoms with E-state index < -0.39 is 0 Å². The molecule has 2 rings (SSSR count). The average molecular weight is 210 g/mol. The minimum atomic E-state index is 0.750. The van der Waals surface area contributed by atoms with E-state index in [1.54, 1.807) is 0 Å². The lowest BCUT2D eigenvalue weighted by Crippen LogP contribution is -2.45. The Kier molecular flexibility index (Phi) is 3.68. The molecule has 0 spiro atoms. The molecule has 1 aliphatic heterocycles. The van der Waals surface area contributed by atoms with Gasteiger partial charge in [-0.15, -0.1) is 0 Å². The number of hydrogen-bond acceptors (Lipinski definition) is 2. The van der Waals surface area contributed by atoms with Crippen LogP contribution >= 0.6 is 0 Å². The zero-order valence-corrected chi connectivity index (χ0v) is 10.5. The molecule has 0 bridgehead atoms. The number of nitrogens with one attached hydrogen (secondary N) is 1. The van der Waals surface area contributed by atoms with Crippen molar-refractivity contribution in [2.75, 3.05) is 13.6 Å². The fourth-order valence-corrected chi connectivity index (χ4v) is 3.09. The molecule has 2 nitrogen and oxygen atoms in total. The third-order valence-electron chi connectivity index (χ3n) is 4.39. The Bertz CT molecular complexity index is 201. The van der Waals surface area contributed by atoms with E-state index >= 15 is 0 Å². The van der Waals surface area contributed by atoms with Crippen LogP contribution in [0.1, 0.15) is 46.0 Å². The lowest BCUT2D eigenvalue weighted by molar-refractivity contribution is 0.172. The van der Waals surface area contributed by atoms with Gasteiger partial charge in [-0.25, -0.2) is 0 Å². The summed E-state index contributed by atoms with van der Waals surface area (Å²) < 4.78 is 0. The van der Waals surface area contributed by atoms with E-state index in [1.807, 2.05) is 0 Å². The quantitative estimate of drug-likeness (QED) is 0.749. The van der Waals surface area contributed by atoms with E-state index in [4.69, 9.17) is 0 Å². The van der Waals surface area contributed by atoms with E-state index in [9.17, 15) is 0 Å². The van der Waals surface area contributed by atoms with Gasteiger partial charge in [-0.1, -0.05) is 6.92 Å². The molecule has 1 N–H and O–H groups in total. The molecule has 1 saturated heterocycles. The fraction of sp³-hybridized carbons (Fsp3) is 1.00. The summed E-state index contributed by atoms with van der Waals surface area (Å²) >= 11 is 0. The highest BCUT2D eigenvalue weighted by Gasteiger charge is 2.36. The van der Waals surface area contributed by atoms with Crippen LogP contribution in [-0.2, 0) is 0 Å². The standard InChI is InChI=1S/C13H26N2/c1-4-12-8-5-10(2)15(12)9-13(14-3)11-6-7-11/h10-14H,4-9H2,1-3H3. The van der Waals surface area contributed by atoms with Crippen molar-refractivity contribution < 1.29 is 0 Å². The summed E-state index contributed by atoms with van der Waals surface area (Å²) in [5.41, 5.74) is 0. The molecule has 2 aliphatic rings. The first-order valence-corrected chi connectivity index (χ1v) is 6.69. The molecular weight excluding hydrogens is 184 g/mol. The largest absolute Gasteiger partial charge is 0.315 e. The summed E-state index contributed by atoms with van der Waals surface area (Å²) in [6.07, 6.45) is 7.04. The molecule has 88 valence electrons. The van der Waals surface area contributed by atoms with Crippen molar-refractivity contribution in [1.29, 1.82) is 0 Å². The third kappa shape index (κ3) is 2.54.